The van der Waals surface area contributed by atoms with Gasteiger partial charge in [-0.25, -0.2) is 9.78 Å². The smallest absolute Gasteiger partial charge is 0.339 e. The van der Waals surface area contributed by atoms with Crippen molar-refractivity contribution in [1.29, 1.82) is 0 Å². The third-order valence-corrected chi connectivity index (χ3v) is 6.44. The number of rotatable bonds is 7. The molecule has 0 spiro atoms. The first kappa shape index (κ1) is 23.2. The molecule has 3 aromatic rings. The number of aromatic nitrogens is 2. The minimum Gasteiger partial charge on any atom is -0.461 e. The number of esters is 1. The third-order valence-electron chi connectivity index (χ3n) is 6.10. The predicted octanol–water partition coefficient (Wildman–Crippen LogP) is 4.72. The normalized spacial score (nSPS) is 14.6. The van der Waals surface area contributed by atoms with Crippen LogP contribution in [0.15, 0.2) is 47.4 Å². The first-order valence-corrected chi connectivity index (χ1v) is 11.8. The van der Waals surface area contributed by atoms with Crippen LogP contribution in [-0.4, -0.2) is 46.5 Å². The van der Waals surface area contributed by atoms with Crippen molar-refractivity contribution in [2.24, 2.45) is 0 Å². The van der Waals surface area contributed by atoms with Crippen molar-refractivity contribution in [3.8, 4) is 0 Å². The molecule has 1 aromatic carbocycles. The Morgan fingerprint density at radius 3 is 2.73 bits per heavy atom. The lowest BCUT2D eigenvalue weighted by molar-refractivity contribution is 0.0466. The molecule has 0 unspecified atom stereocenters. The van der Waals surface area contributed by atoms with Crippen LogP contribution in [0.4, 0.5) is 0 Å². The Morgan fingerprint density at radius 2 is 1.97 bits per heavy atom. The molecule has 172 valence electrons. The Kier molecular flexibility index (Phi) is 7.26. The molecule has 6 nitrogen and oxygen atoms in total. The number of fused-ring (bicyclic) bond motifs is 2. The lowest BCUT2D eigenvalue weighted by Crippen LogP contribution is -2.28. The fraction of sp³-hybridized carbons (Fsp3) is 0.346. The summed E-state index contributed by atoms with van der Waals surface area (Å²) in [6.45, 7) is 6.95. The molecular weight excluding hydrogens is 438 g/mol. The van der Waals surface area contributed by atoms with Crippen LogP contribution in [0, 0.1) is 0 Å². The molecule has 0 bridgehead atoms. The Balaban J connectivity index is 1.64. The van der Waals surface area contributed by atoms with E-state index >= 15 is 0 Å². The minimum atomic E-state index is -0.437. The van der Waals surface area contributed by atoms with Gasteiger partial charge in [0.15, 0.2) is 0 Å². The van der Waals surface area contributed by atoms with Gasteiger partial charge in [-0.15, -0.1) is 0 Å². The van der Waals surface area contributed by atoms with Crippen molar-refractivity contribution in [3.05, 3.63) is 80.4 Å². The largest absolute Gasteiger partial charge is 0.461 e. The molecule has 7 heteroatoms. The van der Waals surface area contributed by atoms with Gasteiger partial charge in [0.2, 0.25) is 0 Å². The Bertz CT molecular complexity index is 1260. The molecule has 0 saturated carbocycles. The van der Waals surface area contributed by atoms with E-state index in [1.54, 1.807) is 12.1 Å². The molecule has 1 aliphatic carbocycles. The Morgan fingerprint density at radius 1 is 1.18 bits per heavy atom. The van der Waals surface area contributed by atoms with Crippen LogP contribution in [0.2, 0.25) is 5.02 Å². The number of nitrogens with zero attached hydrogens (tertiary/aromatic N) is 3. The second kappa shape index (κ2) is 10.3. The third kappa shape index (κ3) is 5.02. The summed E-state index contributed by atoms with van der Waals surface area (Å²) in [6, 6.07) is 11.0. The van der Waals surface area contributed by atoms with Gasteiger partial charge in [-0.3, -0.25) is 9.20 Å². The van der Waals surface area contributed by atoms with E-state index in [1.165, 1.54) is 10.6 Å². The van der Waals surface area contributed by atoms with Gasteiger partial charge in [0.05, 0.1) is 11.3 Å². The lowest BCUT2D eigenvalue weighted by Gasteiger charge is -2.19. The van der Waals surface area contributed by atoms with E-state index in [2.05, 4.69) is 18.7 Å². The summed E-state index contributed by atoms with van der Waals surface area (Å²) in [4.78, 5) is 32.8. The van der Waals surface area contributed by atoms with Crippen LogP contribution < -0.4 is 5.56 Å². The monoisotopic (exact) mass is 465 g/mol. The van der Waals surface area contributed by atoms with Gasteiger partial charge in [0.25, 0.3) is 5.56 Å². The molecule has 33 heavy (non-hydrogen) atoms. The van der Waals surface area contributed by atoms with Gasteiger partial charge in [-0.05, 0) is 67.8 Å². The molecule has 0 amide bonds. The molecule has 0 aliphatic heterocycles. The Labute approximate surface area is 198 Å². The molecule has 0 N–H and O–H groups in total. The van der Waals surface area contributed by atoms with Gasteiger partial charge in [0.1, 0.15) is 12.3 Å². The zero-order valence-electron chi connectivity index (χ0n) is 19.0. The van der Waals surface area contributed by atoms with E-state index in [9.17, 15) is 9.59 Å². The molecule has 4 rings (SSSR count). The minimum absolute atomic E-state index is 0.141. The van der Waals surface area contributed by atoms with Gasteiger partial charge < -0.3 is 9.64 Å². The van der Waals surface area contributed by atoms with Crippen molar-refractivity contribution in [3.63, 3.8) is 0 Å². The maximum atomic E-state index is 13.3. The second-order valence-electron chi connectivity index (χ2n) is 8.10. The molecule has 0 fully saturated rings. The number of benzene rings is 1. The Hall–Kier alpha value is -2.96. The number of carbonyl (C=O) groups is 1. The standard InChI is InChI=1S/C26H28ClN3O3/c1-3-29(4-2)14-15-33-26(32)20-12-13-23-28-24-19(16-18-8-5-6-11-22(18)27)9-7-10-21(24)25(31)30(23)17-20/h5-6,8,11-13,16-17H,3-4,7,9-10,14-15H2,1-2H3. The first-order chi connectivity index (χ1) is 16.0. The van der Waals surface area contributed by atoms with Crippen LogP contribution in [0.1, 0.15) is 53.9 Å². The number of likely N-dealkylation sites (N-methyl/N-ethyl adjacent to an activating group) is 1. The van der Waals surface area contributed by atoms with E-state index in [4.69, 9.17) is 21.3 Å². The van der Waals surface area contributed by atoms with Gasteiger partial charge in [-0.1, -0.05) is 43.6 Å². The van der Waals surface area contributed by atoms with Crippen molar-refractivity contribution in [1.82, 2.24) is 14.3 Å². The number of halogens is 1. The number of hydrogen-bond donors (Lipinski definition) is 0. The summed E-state index contributed by atoms with van der Waals surface area (Å²) < 4.78 is 6.88. The highest BCUT2D eigenvalue weighted by Gasteiger charge is 2.21. The van der Waals surface area contributed by atoms with E-state index in [0.717, 1.165) is 42.8 Å². The number of ether oxygens (including phenoxy) is 1. The average molecular weight is 466 g/mol. The molecule has 2 heterocycles. The van der Waals surface area contributed by atoms with E-state index in [0.29, 0.717) is 41.4 Å². The number of hydrogen-bond acceptors (Lipinski definition) is 5. The number of carbonyl (C=O) groups excluding carboxylic acids is 1. The molecule has 0 saturated heterocycles. The fourth-order valence-electron chi connectivity index (χ4n) is 4.17. The summed E-state index contributed by atoms with van der Waals surface area (Å²) in [6.07, 6.45) is 5.90. The van der Waals surface area contributed by atoms with Crippen LogP contribution >= 0.6 is 11.6 Å². The predicted molar refractivity (Wildman–Crippen MR) is 132 cm³/mol. The average Bonchev–Trinajstić information content (AvgIpc) is 2.83. The topological polar surface area (TPSA) is 63.9 Å². The summed E-state index contributed by atoms with van der Waals surface area (Å²) in [5, 5.41) is 0.666. The van der Waals surface area contributed by atoms with Gasteiger partial charge >= 0.3 is 5.97 Å². The van der Waals surface area contributed by atoms with Crippen molar-refractivity contribution >= 4 is 34.9 Å². The van der Waals surface area contributed by atoms with Crippen molar-refractivity contribution in [2.75, 3.05) is 26.2 Å². The van der Waals surface area contributed by atoms with Crippen LogP contribution in [0.25, 0.3) is 17.3 Å². The number of allylic oxidation sites excluding steroid dienone is 1. The van der Waals surface area contributed by atoms with E-state index < -0.39 is 5.97 Å². The summed E-state index contributed by atoms with van der Waals surface area (Å²) in [5.41, 5.74) is 4.01. The highest BCUT2D eigenvalue weighted by Crippen LogP contribution is 2.31. The number of pyridine rings is 1. The molecule has 0 radical (unpaired) electrons. The lowest BCUT2D eigenvalue weighted by atomic mass is 9.91. The SMILES string of the molecule is CCN(CC)CCOC(=O)c1ccc2nc3c(c(=O)n2c1)CCCC3=Cc1ccccc1Cl. The van der Waals surface area contributed by atoms with Gasteiger partial charge in [0, 0.05) is 23.3 Å². The quantitative estimate of drug-likeness (QED) is 0.472. The molecular formula is C26H28ClN3O3. The van der Waals surface area contributed by atoms with Crippen molar-refractivity contribution < 1.29 is 9.53 Å². The maximum absolute atomic E-state index is 13.3. The molecule has 2 aromatic heterocycles. The van der Waals surface area contributed by atoms with E-state index in [-0.39, 0.29) is 5.56 Å². The summed E-state index contributed by atoms with van der Waals surface area (Å²) in [7, 11) is 0. The van der Waals surface area contributed by atoms with Crippen LogP contribution in [0.5, 0.6) is 0 Å². The zero-order valence-corrected chi connectivity index (χ0v) is 19.8. The molecule has 0 atom stereocenters. The zero-order chi connectivity index (χ0) is 23.4. The summed E-state index contributed by atoms with van der Waals surface area (Å²) in [5.74, 6) is -0.437. The van der Waals surface area contributed by atoms with Crippen LogP contribution in [-0.2, 0) is 11.2 Å². The van der Waals surface area contributed by atoms with Crippen LogP contribution in [0.3, 0.4) is 0 Å². The maximum Gasteiger partial charge on any atom is 0.339 e. The highest BCUT2D eigenvalue weighted by molar-refractivity contribution is 6.32. The second-order valence-corrected chi connectivity index (χ2v) is 8.50. The van der Waals surface area contributed by atoms with E-state index in [1.807, 2.05) is 30.3 Å². The highest BCUT2D eigenvalue weighted by atomic mass is 35.5. The fourth-order valence-corrected chi connectivity index (χ4v) is 4.36. The molecule has 1 aliphatic rings. The summed E-state index contributed by atoms with van der Waals surface area (Å²) >= 11 is 6.34. The first-order valence-electron chi connectivity index (χ1n) is 11.4. The van der Waals surface area contributed by atoms with Crippen molar-refractivity contribution in [2.45, 2.75) is 33.1 Å². The van der Waals surface area contributed by atoms with Gasteiger partial charge in [-0.2, -0.15) is 0 Å².